The predicted molar refractivity (Wildman–Crippen MR) is 76.2 cm³/mol. The molecule has 0 saturated heterocycles. The van der Waals surface area contributed by atoms with Crippen molar-refractivity contribution >= 4 is 5.97 Å². The van der Waals surface area contributed by atoms with Crippen molar-refractivity contribution in [3.05, 3.63) is 35.4 Å². The van der Waals surface area contributed by atoms with E-state index in [0.717, 1.165) is 24.2 Å². The highest BCUT2D eigenvalue weighted by Gasteiger charge is 2.13. The summed E-state index contributed by atoms with van der Waals surface area (Å²) in [5.41, 5.74) is 2.20. The zero-order valence-electron chi connectivity index (χ0n) is 12.3. The van der Waals surface area contributed by atoms with Crippen LogP contribution in [0.4, 0.5) is 0 Å². The minimum absolute atomic E-state index is 0.292. The van der Waals surface area contributed by atoms with Crippen molar-refractivity contribution in [1.82, 2.24) is 0 Å². The van der Waals surface area contributed by atoms with Gasteiger partial charge in [0.1, 0.15) is 0 Å². The van der Waals surface area contributed by atoms with E-state index in [1.165, 1.54) is 0 Å². The molecule has 0 saturated carbocycles. The lowest BCUT2D eigenvalue weighted by Crippen LogP contribution is -2.09. The van der Waals surface area contributed by atoms with Crippen molar-refractivity contribution in [2.75, 3.05) is 6.61 Å². The van der Waals surface area contributed by atoms with Gasteiger partial charge in [0.15, 0.2) is 0 Å². The molecule has 106 valence electrons. The Balaban J connectivity index is 2.43. The quantitative estimate of drug-likeness (QED) is 0.794. The molecule has 1 atom stereocenters. The fraction of sp³-hybridized carbons (Fsp3) is 0.562. The summed E-state index contributed by atoms with van der Waals surface area (Å²) < 4.78 is 5.63. The Kier molecular flexibility index (Phi) is 5.55. The lowest BCUT2D eigenvalue weighted by molar-refractivity contribution is -0.138. The first-order valence-corrected chi connectivity index (χ1v) is 6.69. The second-order valence-electron chi connectivity index (χ2n) is 6.16. The Morgan fingerprint density at radius 2 is 1.84 bits per heavy atom. The second-order valence-corrected chi connectivity index (χ2v) is 6.16. The number of carbonyl (C=O) groups is 1. The zero-order valence-corrected chi connectivity index (χ0v) is 12.3. The molecule has 0 bridgehead atoms. The Labute approximate surface area is 115 Å². The van der Waals surface area contributed by atoms with Gasteiger partial charge in [-0.3, -0.25) is 4.79 Å². The number of benzene rings is 1. The van der Waals surface area contributed by atoms with Crippen LogP contribution in [0.15, 0.2) is 24.3 Å². The average molecular weight is 264 g/mol. The van der Waals surface area contributed by atoms with Crippen LogP contribution in [0.5, 0.6) is 0 Å². The van der Waals surface area contributed by atoms with E-state index in [0.29, 0.717) is 12.0 Å². The number of ether oxygens (including phenoxy) is 1. The van der Waals surface area contributed by atoms with Crippen LogP contribution in [-0.2, 0) is 16.1 Å². The molecule has 1 aromatic carbocycles. The van der Waals surface area contributed by atoms with Crippen LogP contribution < -0.4 is 0 Å². The third kappa shape index (κ3) is 5.88. The summed E-state index contributed by atoms with van der Waals surface area (Å²) in [4.78, 5) is 10.9. The normalized spacial score (nSPS) is 13.3. The van der Waals surface area contributed by atoms with Crippen LogP contribution >= 0.6 is 0 Å². The first kappa shape index (κ1) is 15.7. The molecule has 1 N–H and O–H groups in total. The van der Waals surface area contributed by atoms with Gasteiger partial charge in [0.2, 0.25) is 0 Å². The van der Waals surface area contributed by atoms with Crippen LogP contribution in [0.2, 0.25) is 0 Å². The van der Waals surface area contributed by atoms with E-state index in [1.54, 1.807) is 6.92 Å². The maximum atomic E-state index is 10.9. The van der Waals surface area contributed by atoms with Crippen molar-refractivity contribution in [2.24, 2.45) is 5.41 Å². The highest BCUT2D eigenvalue weighted by molar-refractivity contribution is 5.75. The molecule has 3 nitrogen and oxygen atoms in total. The summed E-state index contributed by atoms with van der Waals surface area (Å²) >= 11 is 0. The van der Waals surface area contributed by atoms with Gasteiger partial charge in [-0.05, 0) is 29.9 Å². The van der Waals surface area contributed by atoms with E-state index in [9.17, 15) is 4.79 Å². The summed E-state index contributed by atoms with van der Waals surface area (Å²) in [6.07, 6.45) is 1.03. The molecule has 0 aliphatic heterocycles. The number of carboxylic acid groups (broad SMARTS) is 1. The predicted octanol–water partition coefficient (Wildman–Crippen LogP) is 3.83. The molecule has 0 amide bonds. The van der Waals surface area contributed by atoms with Crippen LogP contribution in [0.1, 0.15) is 51.2 Å². The molecule has 0 aliphatic carbocycles. The minimum atomic E-state index is -0.797. The van der Waals surface area contributed by atoms with Gasteiger partial charge in [0.05, 0.1) is 12.5 Å². The van der Waals surface area contributed by atoms with Gasteiger partial charge in [-0.2, -0.15) is 0 Å². The Hall–Kier alpha value is -1.35. The number of aliphatic carboxylic acids is 1. The molecule has 0 fully saturated rings. The molecular formula is C16H24O3. The van der Waals surface area contributed by atoms with Gasteiger partial charge >= 0.3 is 5.97 Å². The monoisotopic (exact) mass is 264 g/mol. The fourth-order valence-corrected chi connectivity index (χ4v) is 1.61. The zero-order chi connectivity index (χ0) is 14.5. The second kappa shape index (κ2) is 6.71. The Morgan fingerprint density at radius 3 is 2.32 bits per heavy atom. The van der Waals surface area contributed by atoms with E-state index in [1.807, 2.05) is 24.3 Å². The summed E-state index contributed by atoms with van der Waals surface area (Å²) in [7, 11) is 0. The van der Waals surface area contributed by atoms with Crippen molar-refractivity contribution < 1.29 is 14.6 Å². The van der Waals surface area contributed by atoms with Crippen LogP contribution in [0, 0.1) is 5.41 Å². The number of hydrogen-bond acceptors (Lipinski definition) is 2. The first-order valence-electron chi connectivity index (χ1n) is 6.69. The molecule has 0 aliphatic rings. The van der Waals surface area contributed by atoms with Gasteiger partial charge in [-0.1, -0.05) is 45.0 Å². The topological polar surface area (TPSA) is 46.5 Å². The number of carboxylic acids is 1. The number of hydrogen-bond donors (Lipinski definition) is 1. The largest absolute Gasteiger partial charge is 0.481 e. The number of rotatable bonds is 6. The third-order valence-corrected chi connectivity index (χ3v) is 3.12. The van der Waals surface area contributed by atoms with Crippen molar-refractivity contribution in [2.45, 2.75) is 46.6 Å². The maximum Gasteiger partial charge on any atom is 0.310 e. The van der Waals surface area contributed by atoms with E-state index >= 15 is 0 Å². The smallest absolute Gasteiger partial charge is 0.310 e. The standard InChI is InChI=1S/C16H24O3/c1-12(15(17)18)14-7-5-13(6-8-14)11-19-10-9-16(2,3)4/h5-8,12H,9-11H2,1-4H3,(H,17,18). The molecule has 1 rings (SSSR count). The molecule has 0 radical (unpaired) electrons. The molecule has 1 unspecified atom stereocenters. The van der Waals surface area contributed by atoms with Gasteiger partial charge in [-0.15, -0.1) is 0 Å². The van der Waals surface area contributed by atoms with Gasteiger partial charge in [-0.25, -0.2) is 0 Å². The van der Waals surface area contributed by atoms with Crippen LogP contribution in [0.3, 0.4) is 0 Å². The minimum Gasteiger partial charge on any atom is -0.481 e. The van der Waals surface area contributed by atoms with Gasteiger partial charge in [0, 0.05) is 6.61 Å². The van der Waals surface area contributed by atoms with E-state index in [-0.39, 0.29) is 0 Å². The van der Waals surface area contributed by atoms with E-state index in [4.69, 9.17) is 9.84 Å². The van der Waals surface area contributed by atoms with E-state index < -0.39 is 11.9 Å². The summed E-state index contributed by atoms with van der Waals surface area (Å²) in [5, 5.41) is 8.93. The van der Waals surface area contributed by atoms with Gasteiger partial charge in [0.25, 0.3) is 0 Å². The molecule has 0 aromatic heterocycles. The molecule has 1 aromatic rings. The fourth-order valence-electron chi connectivity index (χ4n) is 1.61. The van der Waals surface area contributed by atoms with Crippen molar-refractivity contribution in [1.29, 1.82) is 0 Å². The lowest BCUT2D eigenvalue weighted by atomic mass is 9.93. The SMILES string of the molecule is CC(C(=O)O)c1ccc(COCCC(C)(C)C)cc1. The Bertz CT molecular complexity index is 401. The molecule has 0 spiro atoms. The lowest BCUT2D eigenvalue weighted by Gasteiger charge is -2.17. The first-order chi connectivity index (χ1) is 8.79. The molecule has 19 heavy (non-hydrogen) atoms. The molecule has 0 heterocycles. The van der Waals surface area contributed by atoms with Crippen molar-refractivity contribution in [3.8, 4) is 0 Å². The Morgan fingerprint density at radius 1 is 1.26 bits per heavy atom. The van der Waals surface area contributed by atoms with Crippen LogP contribution in [0.25, 0.3) is 0 Å². The highest BCUT2D eigenvalue weighted by Crippen LogP contribution is 2.19. The summed E-state index contributed by atoms with van der Waals surface area (Å²) in [6.45, 7) is 9.60. The summed E-state index contributed by atoms with van der Waals surface area (Å²) in [5.74, 6) is -1.26. The van der Waals surface area contributed by atoms with Crippen molar-refractivity contribution in [3.63, 3.8) is 0 Å². The van der Waals surface area contributed by atoms with Gasteiger partial charge < -0.3 is 9.84 Å². The summed E-state index contributed by atoms with van der Waals surface area (Å²) in [6, 6.07) is 7.60. The molecular weight excluding hydrogens is 240 g/mol. The third-order valence-electron chi connectivity index (χ3n) is 3.12. The van der Waals surface area contributed by atoms with Crippen LogP contribution in [-0.4, -0.2) is 17.7 Å². The average Bonchev–Trinajstić information content (AvgIpc) is 2.33. The van der Waals surface area contributed by atoms with E-state index in [2.05, 4.69) is 20.8 Å². The molecule has 3 heteroatoms. The highest BCUT2D eigenvalue weighted by atomic mass is 16.5. The maximum absolute atomic E-state index is 10.9.